The van der Waals surface area contributed by atoms with Crippen molar-refractivity contribution in [2.24, 2.45) is 0 Å². The third-order valence-electron chi connectivity index (χ3n) is 2.93. The minimum Gasteiger partial charge on any atom is -0.385 e. The quantitative estimate of drug-likeness (QED) is 0.607. The molecule has 0 unspecified atom stereocenters. The molecule has 0 saturated carbocycles. The SMILES string of the molecule is COCCCCN1C(=O)C(=O)c2c(Cl)cccc21. The number of benzene rings is 1. The van der Waals surface area contributed by atoms with Crippen LogP contribution >= 0.6 is 11.6 Å². The van der Waals surface area contributed by atoms with Crippen LogP contribution in [0.4, 0.5) is 5.69 Å². The van der Waals surface area contributed by atoms with Gasteiger partial charge in [-0.2, -0.15) is 0 Å². The molecule has 0 aromatic heterocycles. The summed E-state index contributed by atoms with van der Waals surface area (Å²) in [6.45, 7) is 1.17. The van der Waals surface area contributed by atoms with Gasteiger partial charge in [0.15, 0.2) is 0 Å². The van der Waals surface area contributed by atoms with E-state index in [1.807, 2.05) is 0 Å². The van der Waals surface area contributed by atoms with Gasteiger partial charge >= 0.3 is 0 Å². The maximum absolute atomic E-state index is 11.9. The van der Waals surface area contributed by atoms with Crippen molar-refractivity contribution < 1.29 is 14.3 Å². The fourth-order valence-electron chi connectivity index (χ4n) is 2.04. The van der Waals surface area contributed by atoms with E-state index in [1.165, 1.54) is 4.90 Å². The zero-order chi connectivity index (χ0) is 13.1. The highest BCUT2D eigenvalue weighted by Gasteiger charge is 2.36. The smallest absolute Gasteiger partial charge is 0.299 e. The van der Waals surface area contributed by atoms with E-state index in [0.29, 0.717) is 29.4 Å². The Bertz CT molecular complexity index is 487. The summed E-state index contributed by atoms with van der Waals surface area (Å²) in [6.07, 6.45) is 1.64. The second-order valence-corrected chi connectivity index (χ2v) is 4.53. The van der Waals surface area contributed by atoms with Crippen LogP contribution in [-0.2, 0) is 9.53 Å². The van der Waals surface area contributed by atoms with Crippen LogP contribution in [-0.4, -0.2) is 32.0 Å². The van der Waals surface area contributed by atoms with Crippen molar-refractivity contribution in [1.29, 1.82) is 0 Å². The Morgan fingerprint density at radius 2 is 2.06 bits per heavy atom. The first-order chi connectivity index (χ1) is 8.66. The topological polar surface area (TPSA) is 46.6 Å². The lowest BCUT2D eigenvalue weighted by molar-refractivity contribution is -0.114. The number of unbranched alkanes of at least 4 members (excludes halogenated alkanes) is 1. The Balaban J connectivity index is 2.16. The molecule has 5 heteroatoms. The van der Waals surface area contributed by atoms with Gasteiger partial charge in [0.05, 0.1) is 16.3 Å². The van der Waals surface area contributed by atoms with Crippen molar-refractivity contribution in [2.45, 2.75) is 12.8 Å². The molecule has 0 radical (unpaired) electrons. The number of fused-ring (bicyclic) bond motifs is 1. The highest BCUT2D eigenvalue weighted by Crippen LogP contribution is 2.34. The van der Waals surface area contributed by atoms with Crippen LogP contribution in [0.25, 0.3) is 0 Å². The highest BCUT2D eigenvalue weighted by atomic mass is 35.5. The van der Waals surface area contributed by atoms with Crippen LogP contribution in [0.5, 0.6) is 0 Å². The molecule has 1 aromatic rings. The van der Waals surface area contributed by atoms with Gasteiger partial charge in [-0.1, -0.05) is 17.7 Å². The fraction of sp³-hybridized carbons (Fsp3) is 0.385. The van der Waals surface area contributed by atoms with E-state index in [4.69, 9.17) is 16.3 Å². The molecule has 1 aliphatic rings. The third-order valence-corrected chi connectivity index (χ3v) is 3.24. The van der Waals surface area contributed by atoms with E-state index in [2.05, 4.69) is 0 Å². The molecule has 4 nitrogen and oxygen atoms in total. The average Bonchev–Trinajstić information content (AvgIpc) is 2.60. The number of nitrogens with zero attached hydrogens (tertiary/aromatic N) is 1. The Morgan fingerprint density at radius 1 is 1.28 bits per heavy atom. The molecule has 0 bridgehead atoms. The van der Waals surface area contributed by atoms with Crippen molar-refractivity contribution in [3.05, 3.63) is 28.8 Å². The summed E-state index contributed by atoms with van der Waals surface area (Å²) in [5, 5.41) is 0.338. The number of ether oxygens (including phenoxy) is 1. The van der Waals surface area contributed by atoms with Crippen LogP contribution in [0.15, 0.2) is 18.2 Å². The summed E-state index contributed by atoms with van der Waals surface area (Å²) in [5.41, 5.74) is 0.950. The summed E-state index contributed by atoms with van der Waals surface area (Å²) in [4.78, 5) is 25.2. The van der Waals surface area contributed by atoms with E-state index in [0.717, 1.165) is 12.8 Å². The number of anilines is 1. The average molecular weight is 268 g/mol. The number of ketones is 1. The standard InChI is InChI=1S/C13H14ClNO3/c1-18-8-3-2-7-15-10-6-4-5-9(14)11(10)12(16)13(15)17/h4-6H,2-3,7-8H2,1H3. The van der Waals surface area contributed by atoms with Crippen molar-refractivity contribution >= 4 is 29.0 Å². The van der Waals surface area contributed by atoms with Gasteiger partial charge in [0.2, 0.25) is 0 Å². The fourth-order valence-corrected chi connectivity index (χ4v) is 2.30. The van der Waals surface area contributed by atoms with Gasteiger partial charge in [-0.25, -0.2) is 0 Å². The monoisotopic (exact) mass is 267 g/mol. The molecular weight excluding hydrogens is 254 g/mol. The van der Waals surface area contributed by atoms with Crippen molar-refractivity contribution in [3.8, 4) is 0 Å². The highest BCUT2D eigenvalue weighted by molar-refractivity contribution is 6.55. The molecule has 0 aliphatic carbocycles. The molecule has 1 amide bonds. The van der Waals surface area contributed by atoms with Gasteiger partial charge in [-0.3, -0.25) is 9.59 Å². The predicted octanol–water partition coefficient (Wildman–Crippen LogP) is 2.30. The largest absolute Gasteiger partial charge is 0.385 e. The zero-order valence-electron chi connectivity index (χ0n) is 10.1. The van der Waals surface area contributed by atoms with Crippen LogP contribution in [0.1, 0.15) is 23.2 Å². The number of rotatable bonds is 5. The van der Waals surface area contributed by atoms with Gasteiger partial charge in [0.25, 0.3) is 11.7 Å². The Kier molecular flexibility index (Phi) is 3.99. The first-order valence-corrected chi connectivity index (χ1v) is 6.18. The Morgan fingerprint density at radius 3 is 2.78 bits per heavy atom. The lowest BCUT2D eigenvalue weighted by atomic mass is 10.1. The zero-order valence-corrected chi connectivity index (χ0v) is 10.9. The molecule has 96 valence electrons. The second kappa shape index (κ2) is 5.50. The van der Waals surface area contributed by atoms with Crippen molar-refractivity contribution in [3.63, 3.8) is 0 Å². The summed E-state index contributed by atoms with van der Waals surface area (Å²) in [6, 6.07) is 5.12. The van der Waals surface area contributed by atoms with Crippen molar-refractivity contribution in [1.82, 2.24) is 0 Å². The molecule has 1 aliphatic heterocycles. The van der Waals surface area contributed by atoms with E-state index in [1.54, 1.807) is 25.3 Å². The van der Waals surface area contributed by atoms with Gasteiger partial charge < -0.3 is 9.64 Å². The molecular formula is C13H14ClNO3. The molecule has 1 heterocycles. The van der Waals surface area contributed by atoms with Crippen LogP contribution in [0.2, 0.25) is 5.02 Å². The van der Waals surface area contributed by atoms with Gasteiger partial charge in [0.1, 0.15) is 0 Å². The predicted molar refractivity (Wildman–Crippen MR) is 69.2 cm³/mol. The van der Waals surface area contributed by atoms with Crippen LogP contribution in [0, 0.1) is 0 Å². The summed E-state index contributed by atoms with van der Waals surface area (Å²) < 4.78 is 4.95. The number of hydrogen-bond donors (Lipinski definition) is 0. The van der Waals surface area contributed by atoms with Crippen LogP contribution in [0.3, 0.4) is 0 Å². The summed E-state index contributed by atoms with van der Waals surface area (Å²) in [5.74, 6) is -1.00. The number of carbonyl (C=O) groups excluding carboxylic acids is 2. The number of carbonyl (C=O) groups is 2. The van der Waals surface area contributed by atoms with E-state index in [9.17, 15) is 9.59 Å². The van der Waals surface area contributed by atoms with Crippen LogP contribution < -0.4 is 4.90 Å². The van der Waals surface area contributed by atoms with Gasteiger partial charge in [0, 0.05) is 20.3 Å². The van der Waals surface area contributed by atoms with E-state index in [-0.39, 0.29) is 0 Å². The van der Waals surface area contributed by atoms with E-state index < -0.39 is 11.7 Å². The van der Waals surface area contributed by atoms with E-state index >= 15 is 0 Å². The number of Topliss-reactive ketones (excluding diaryl/α,β-unsaturated/α-hetero) is 1. The lowest BCUT2D eigenvalue weighted by Crippen LogP contribution is -2.30. The molecule has 0 atom stereocenters. The molecule has 1 aromatic carbocycles. The Labute approximate surface area is 110 Å². The second-order valence-electron chi connectivity index (χ2n) is 4.12. The molecule has 2 rings (SSSR count). The first-order valence-electron chi connectivity index (χ1n) is 5.80. The minimum atomic E-state index is -0.512. The molecule has 18 heavy (non-hydrogen) atoms. The molecule has 0 saturated heterocycles. The minimum absolute atomic E-state index is 0.330. The molecule has 0 spiro atoms. The number of hydrogen-bond acceptors (Lipinski definition) is 3. The molecule has 0 fully saturated rings. The normalized spacial score (nSPS) is 14.2. The Hall–Kier alpha value is -1.39. The van der Waals surface area contributed by atoms with Gasteiger partial charge in [-0.05, 0) is 25.0 Å². The summed E-state index contributed by atoms with van der Waals surface area (Å²) >= 11 is 5.96. The number of amides is 1. The van der Waals surface area contributed by atoms with Crippen molar-refractivity contribution in [2.75, 3.05) is 25.2 Å². The lowest BCUT2D eigenvalue weighted by Gasteiger charge is -2.16. The maximum atomic E-state index is 11.9. The first kappa shape index (κ1) is 13.1. The summed E-state index contributed by atoms with van der Waals surface area (Å²) in [7, 11) is 1.64. The third kappa shape index (κ3) is 2.26. The number of halogens is 1. The van der Waals surface area contributed by atoms with Gasteiger partial charge in [-0.15, -0.1) is 0 Å². The number of methoxy groups -OCH3 is 1. The maximum Gasteiger partial charge on any atom is 0.299 e. The molecule has 0 N–H and O–H groups in total.